The van der Waals surface area contributed by atoms with Crippen molar-refractivity contribution in [2.45, 2.75) is 45.4 Å². The first kappa shape index (κ1) is 27.9. The molecule has 4 aromatic rings. The van der Waals surface area contributed by atoms with Crippen molar-refractivity contribution in [1.82, 2.24) is 19.7 Å². The Balaban J connectivity index is 1.24. The highest BCUT2D eigenvalue weighted by Crippen LogP contribution is 2.34. The zero-order chi connectivity index (χ0) is 29.2. The number of pyridine rings is 1. The Kier molecular flexibility index (Phi) is 7.90. The quantitative estimate of drug-likeness (QED) is 0.308. The molecule has 2 aromatic carbocycles. The Hall–Kier alpha value is -4.28. The largest absolute Gasteiger partial charge is 0.488 e. The summed E-state index contributed by atoms with van der Waals surface area (Å²) < 4.78 is 33.9. The maximum Gasteiger partial charge on any atom is 0.342 e. The van der Waals surface area contributed by atoms with Crippen LogP contribution in [0.1, 0.15) is 45.5 Å². The van der Waals surface area contributed by atoms with Crippen LogP contribution in [0.3, 0.4) is 0 Å². The van der Waals surface area contributed by atoms with Crippen LogP contribution in [0.15, 0.2) is 54.7 Å². The summed E-state index contributed by atoms with van der Waals surface area (Å²) in [6.45, 7) is 5.26. The van der Waals surface area contributed by atoms with Crippen molar-refractivity contribution in [3.8, 4) is 28.7 Å². The van der Waals surface area contributed by atoms with Crippen LogP contribution in [0.4, 0.5) is 4.39 Å². The van der Waals surface area contributed by atoms with Crippen molar-refractivity contribution in [2.24, 2.45) is 0 Å². The molecule has 10 heteroatoms. The minimum atomic E-state index is -1.14. The molecule has 6 rings (SSSR count). The number of aromatic nitrogens is 3. The van der Waals surface area contributed by atoms with Gasteiger partial charge in [0.2, 0.25) is 5.88 Å². The van der Waals surface area contributed by atoms with Gasteiger partial charge in [0, 0.05) is 43.5 Å². The second-order valence-electron chi connectivity index (χ2n) is 10.7. The van der Waals surface area contributed by atoms with Crippen LogP contribution in [0.25, 0.3) is 17.1 Å². The molecule has 1 saturated heterocycles. The number of carboxylic acids is 1. The maximum absolute atomic E-state index is 15.4. The summed E-state index contributed by atoms with van der Waals surface area (Å²) in [6.07, 6.45) is 4.04. The van der Waals surface area contributed by atoms with Crippen LogP contribution in [-0.2, 0) is 24.3 Å². The third-order valence-corrected chi connectivity index (χ3v) is 8.06. The summed E-state index contributed by atoms with van der Waals surface area (Å²) >= 11 is 0. The number of carbonyl (C=O) groups is 1. The minimum absolute atomic E-state index is 0.0575. The van der Waals surface area contributed by atoms with Crippen molar-refractivity contribution >= 4 is 5.97 Å². The number of rotatable bonds is 8. The first-order valence-corrected chi connectivity index (χ1v) is 14.1. The number of para-hydroxylation sites is 1. The van der Waals surface area contributed by atoms with Gasteiger partial charge >= 0.3 is 5.97 Å². The van der Waals surface area contributed by atoms with Crippen molar-refractivity contribution in [2.75, 3.05) is 26.9 Å². The molecule has 218 valence electrons. The van der Waals surface area contributed by atoms with Gasteiger partial charge in [-0.15, -0.1) is 0 Å². The Labute approximate surface area is 243 Å². The molecular formula is C32H33FN4O5. The molecule has 0 radical (unpaired) electrons. The fourth-order valence-electron chi connectivity index (χ4n) is 5.88. The number of ether oxygens (including phenoxy) is 3. The molecule has 2 aliphatic rings. The van der Waals surface area contributed by atoms with Gasteiger partial charge in [-0.05, 0) is 67.1 Å². The van der Waals surface area contributed by atoms with E-state index in [0.717, 1.165) is 66.8 Å². The van der Waals surface area contributed by atoms with Gasteiger partial charge in [-0.3, -0.25) is 4.90 Å². The predicted molar refractivity (Wildman–Crippen MR) is 154 cm³/mol. The minimum Gasteiger partial charge on any atom is -0.488 e. The third kappa shape index (κ3) is 5.47. The second-order valence-corrected chi connectivity index (χ2v) is 10.7. The van der Waals surface area contributed by atoms with Crippen LogP contribution in [0.2, 0.25) is 0 Å². The van der Waals surface area contributed by atoms with Gasteiger partial charge in [0.15, 0.2) is 5.82 Å². The fraction of sp³-hybridized carbons (Fsp3) is 0.344. The van der Waals surface area contributed by atoms with E-state index in [4.69, 9.17) is 19.2 Å². The highest BCUT2D eigenvalue weighted by atomic mass is 19.1. The monoisotopic (exact) mass is 572 g/mol. The molecule has 0 amide bonds. The van der Waals surface area contributed by atoms with Gasteiger partial charge in [-0.1, -0.05) is 24.3 Å². The highest BCUT2D eigenvalue weighted by molar-refractivity contribution is 5.90. The van der Waals surface area contributed by atoms with Crippen LogP contribution in [0, 0.1) is 12.7 Å². The van der Waals surface area contributed by atoms with Crippen LogP contribution in [0.5, 0.6) is 11.6 Å². The summed E-state index contributed by atoms with van der Waals surface area (Å²) in [6, 6.07) is 15.3. The summed E-state index contributed by atoms with van der Waals surface area (Å²) in [4.78, 5) is 18.7. The number of aryl methyl sites for hydroxylation is 1. The molecule has 0 saturated carbocycles. The molecule has 1 N–H and O–H groups in total. The number of methoxy groups -OCH3 is 1. The number of hydrogen-bond donors (Lipinski definition) is 1. The molecular weight excluding hydrogens is 539 g/mol. The molecule has 0 spiro atoms. The zero-order valence-corrected chi connectivity index (χ0v) is 23.7. The lowest BCUT2D eigenvalue weighted by Gasteiger charge is -2.37. The van der Waals surface area contributed by atoms with Gasteiger partial charge < -0.3 is 19.3 Å². The number of fused-ring (bicyclic) bond motifs is 1. The maximum atomic E-state index is 15.4. The highest BCUT2D eigenvalue weighted by Gasteiger charge is 2.27. The first-order valence-electron chi connectivity index (χ1n) is 14.1. The van der Waals surface area contributed by atoms with Crippen LogP contribution >= 0.6 is 0 Å². The first-order chi connectivity index (χ1) is 20.4. The van der Waals surface area contributed by atoms with E-state index in [2.05, 4.69) is 16.1 Å². The number of aromatic carboxylic acids is 1. The summed E-state index contributed by atoms with van der Waals surface area (Å²) in [5.41, 5.74) is 4.84. The number of carboxylic acid groups (broad SMARTS) is 1. The molecule has 2 aromatic heterocycles. The lowest BCUT2D eigenvalue weighted by molar-refractivity contribution is 0.0285. The Morgan fingerprint density at radius 1 is 1.17 bits per heavy atom. The van der Waals surface area contributed by atoms with Crippen LogP contribution in [-0.4, -0.2) is 63.7 Å². The Morgan fingerprint density at radius 2 is 1.98 bits per heavy atom. The average molecular weight is 573 g/mol. The summed E-state index contributed by atoms with van der Waals surface area (Å²) in [5.74, 6) is -0.200. The van der Waals surface area contributed by atoms with Crippen molar-refractivity contribution < 1.29 is 28.5 Å². The lowest BCUT2D eigenvalue weighted by Crippen LogP contribution is -2.42. The molecule has 0 atom stereocenters. The van der Waals surface area contributed by atoms with E-state index < -0.39 is 5.97 Å². The number of hydrogen-bond acceptors (Lipinski definition) is 7. The van der Waals surface area contributed by atoms with Gasteiger partial charge in [-0.25, -0.2) is 14.2 Å². The van der Waals surface area contributed by atoms with Crippen molar-refractivity contribution in [3.63, 3.8) is 0 Å². The number of nitrogens with zero attached hydrogens (tertiary/aromatic N) is 4. The van der Waals surface area contributed by atoms with Gasteiger partial charge in [0.25, 0.3) is 0 Å². The lowest BCUT2D eigenvalue weighted by atomic mass is 9.94. The van der Waals surface area contributed by atoms with E-state index in [1.54, 1.807) is 12.1 Å². The SMILES string of the molecule is COc1c(C(=O)O)cnn1-c1cccc(-c2cccc(C)c2OCc2cc(F)c3c(c2)CCN(C2CCOCC2)C3)n1. The third-order valence-electron chi connectivity index (χ3n) is 8.06. The van der Waals surface area contributed by atoms with Crippen molar-refractivity contribution in [3.05, 3.63) is 88.4 Å². The molecule has 2 aliphatic heterocycles. The standard InChI is InChI=1S/C32H33FN4O5/c1-20-5-3-6-24(28-7-4-8-29(35-28)37-31(40-2)25(17-34-37)32(38)39)30(20)42-19-21-15-22-9-12-36(18-26(22)27(33)16-21)23-10-13-41-14-11-23/h3-8,15-17,23H,9-14,18-19H2,1-2H3,(H,38,39). The van der Waals surface area contributed by atoms with E-state index in [0.29, 0.717) is 29.8 Å². The summed E-state index contributed by atoms with van der Waals surface area (Å²) in [5, 5.41) is 13.6. The van der Waals surface area contributed by atoms with Gasteiger partial charge in [0.1, 0.15) is 23.7 Å². The number of benzene rings is 2. The number of halogens is 1. The van der Waals surface area contributed by atoms with E-state index in [9.17, 15) is 9.90 Å². The molecule has 42 heavy (non-hydrogen) atoms. The molecule has 9 nitrogen and oxygen atoms in total. The Bertz CT molecular complexity index is 1610. The average Bonchev–Trinajstić information content (AvgIpc) is 3.46. The van der Waals surface area contributed by atoms with E-state index in [-0.39, 0.29) is 23.9 Å². The zero-order valence-electron chi connectivity index (χ0n) is 23.7. The molecule has 4 heterocycles. The molecule has 0 unspecified atom stereocenters. The van der Waals surface area contributed by atoms with Crippen LogP contribution < -0.4 is 9.47 Å². The fourth-order valence-corrected chi connectivity index (χ4v) is 5.88. The summed E-state index contributed by atoms with van der Waals surface area (Å²) in [7, 11) is 1.39. The molecule has 1 fully saturated rings. The van der Waals surface area contributed by atoms with E-state index in [1.165, 1.54) is 18.0 Å². The Morgan fingerprint density at radius 3 is 2.76 bits per heavy atom. The smallest absolute Gasteiger partial charge is 0.342 e. The van der Waals surface area contributed by atoms with E-state index in [1.807, 2.05) is 37.3 Å². The topological polar surface area (TPSA) is 98.9 Å². The predicted octanol–water partition coefficient (Wildman–Crippen LogP) is 5.20. The normalized spacial score (nSPS) is 15.8. The van der Waals surface area contributed by atoms with E-state index >= 15 is 4.39 Å². The van der Waals surface area contributed by atoms with Gasteiger partial charge in [-0.2, -0.15) is 9.78 Å². The van der Waals surface area contributed by atoms with Crippen molar-refractivity contribution in [1.29, 1.82) is 0 Å². The molecule has 0 aliphatic carbocycles. The van der Waals surface area contributed by atoms with Gasteiger partial charge in [0.05, 0.1) is 19.0 Å². The molecule has 0 bridgehead atoms. The second kappa shape index (κ2) is 11.9.